The van der Waals surface area contributed by atoms with E-state index >= 15 is 0 Å². The molecule has 21 heavy (non-hydrogen) atoms. The Morgan fingerprint density at radius 3 is 2.76 bits per heavy atom. The van der Waals surface area contributed by atoms with Gasteiger partial charge in [0.1, 0.15) is 11.9 Å². The first-order valence-corrected chi connectivity index (χ1v) is 8.79. The van der Waals surface area contributed by atoms with E-state index in [9.17, 15) is 0 Å². The van der Waals surface area contributed by atoms with Gasteiger partial charge >= 0.3 is 0 Å². The summed E-state index contributed by atoms with van der Waals surface area (Å²) in [5.74, 6) is 2.12. The van der Waals surface area contributed by atoms with Gasteiger partial charge in [0.25, 0.3) is 0 Å². The first-order chi connectivity index (χ1) is 10.1. The summed E-state index contributed by atoms with van der Waals surface area (Å²) in [5, 5.41) is 3.35. The van der Waals surface area contributed by atoms with Crippen molar-refractivity contribution in [2.75, 3.05) is 38.1 Å². The predicted molar refractivity (Wildman–Crippen MR) is 93.8 cm³/mol. The molecule has 0 aliphatic carbocycles. The predicted octanol–water partition coefficient (Wildman–Crippen LogP) is 3.03. The third-order valence-corrected chi connectivity index (χ3v) is 4.73. The molecule has 2 rings (SSSR count). The van der Waals surface area contributed by atoms with Gasteiger partial charge in [0.15, 0.2) is 5.82 Å². The molecule has 1 saturated heterocycles. The van der Waals surface area contributed by atoms with Crippen molar-refractivity contribution in [3.8, 4) is 0 Å². The Hall–Kier alpha value is -0.470. The molecule has 1 atom stereocenters. The van der Waals surface area contributed by atoms with E-state index in [2.05, 4.69) is 60.5 Å². The Kier molecular flexibility index (Phi) is 6.19. The second kappa shape index (κ2) is 7.69. The molecule has 1 aromatic heterocycles. The summed E-state index contributed by atoms with van der Waals surface area (Å²) in [4.78, 5) is 11.9. The summed E-state index contributed by atoms with van der Waals surface area (Å²) in [7, 11) is 0. The van der Waals surface area contributed by atoms with Crippen molar-refractivity contribution in [3.05, 3.63) is 15.1 Å². The number of likely N-dealkylation sites (N-methyl/N-ethyl adjacent to an activating group) is 1. The fourth-order valence-corrected chi connectivity index (χ4v) is 3.49. The molecule has 1 fully saturated rings. The topological polar surface area (TPSA) is 50.3 Å². The average Bonchev–Trinajstić information content (AvgIpc) is 2.49. The van der Waals surface area contributed by atoms with Crippen LogP contribution in [-0.4, -0.2) is 47.7 Å². The largest absolute Gasteiger partial charge is 0.369 e. The smallest absolute Gasteiger partial charge is 0.161 e. The van der Waals surface area contributed by atoms with Crippen LogP contribution in [0.25, 0.3) is 0 Å². The van der Waals surface area contributed by atoms with Crippen LogP contribution in [0.5, 0.6) is 0 Å². The minimum Gasteiger partial charge on any atom is -0.369 e. The highest BCUT2D eigenvalue weighted by Gasteiger charge is 2.25. The first-order valence-electron chi connectivity index (χ1n) is 7.71. The monoisotopic (exact) mass is 404 g/mol. The lowest BCUT2D eigenvalue weighted by Crippen LogP contribution is -2.38. The quantitative estimate of drug-likeness (QED) is 0.765. The summed E-state index contributed by atoms with van der Waals surface area (Å²) >= 11 is 2.34. The lowest BCUT2D eigenvalue weighted by atomic mass is 10.1. The molecule has 6 heteroatoms. The molecule has 0 spiro atoms. The van der Waals surface area contributed by atoms with Crippen molar-refractivity contribution < 1.29 is 4.74 Å². The molecule has 0 bridgehead atoms. The van der Waals surface area contributed by atoms with Gasteiger partial charge in [-0.1, -0.05) is 20.8 Å². The minimum atomic E-state index is -0.0226. The maximum absolute atomic E-state index is 5.91. The number of aromatic nitrogens is 2. The summed E-state index contributed by atoms with van der Waals surface area (Å²) in [6.45, 7) is 13.1. The van der Waals surface area contributed by atoms with E-state index in [1.807, 2.05) is 0 Å². The van der Waals surface area contributed by atoms with Crippen LogP contribution in [0.1, 0.15) is 51.2 Å². The van der Waals surface area contributed by atoms with Gasteiger partial charge in [-0.05, 0) is 42.0 Å². The molecule has 118 valence electrons. The molecular weight excluding hydrogens is 379 g/mol. The van der Waals surface area contributed by atoms with Crippen LogP contribution in [0.4, 0.5) is 5.82 Å². The first kappa shape index (κ1) is 16.9. The van der Waals surface area contributed by atoms with Gasteiger partial charge in [0.2, 0.25) is 0 Å². The highest BCUT2D eigenvalue weighted by Crippen LogP contribution is 2.28. The Balaban J connectivity index is 2.33. The van der Waals surface area contributed by atoms with E-state index in [4.69, 9.17) is 14.7 Å². The van der Waals surface area contributed by atoms with Crippen molar-refractivity contribution in [1.29, 1.82) is 0 Å². The SMILES string of the molecule is CCNc1nc(C2CN(CC)CCO2)nc(C(C)C)c1I. The van der Waals surface area contributed by atoms with Gasteiger partial charge in [-0.25, -0.2) is 9.97 Å². The van der Waals surface area contributed by atoms with E-state index in [1.54, 1.807) is 0 Å². The third kappa shape index (κ3) is 4.04. The third-order valence-electron chi connectivity index (χ3n) is 3.67. The number of halogens is 1. The standard InChI is InChI=1S/C15H25IN4O/c1-5-17-15-12(16)13(10(3)4)18-14(19-15)11-9-20(6-2)7-8-21-11/h10-11H,5-9H2,1-4H3,(H,17,18,19). The van der Waals surface area contributed by atoms with Crippen LogP contribution in [0.3, 0.4) is 0 Å². The number of hydrogen-bond donors (Lipinski definition) is 1. The molecule has 2 heterocycles. The zero-order valence-corrected chi connectivity index (χ0v) is 15.5. The van der Waals surface area contributed by atoms with Crippen LogP contribution in [0.2, 0.25) is 0 Å². The van der Waals surface area contributed by atoms with Crippen LogP contribution < -0.4 is 5.32 Å². The van der Waals surface area contributed by atoms with Crippen molar-refractivity contribution in [1.82, 2.24) is 14.9 Å². The molecule has 0 saturated carbocycles. The van der Waals surface area contributed by atoms with E-state index in [1.165, 1.54) is 0 Å². The number of nitrogens with zero attached hydrogens (tertiary/aromatic N) is 3. The highest BCUT2D eigenvalue weighted by molar-refractivity contribution is 14.1. The van der Waals surface area contributed by atoms with E-state index in [0.29, 0.717) is 5.92 Å². The number of rotatable bonds is 5. The molecule has 0 radical (unpaired) electrons. The van der Waals surface area contributed by atoms with E-state index in [-0.39, 0.29) is 6.10 Å². The van der Waals surface area contributed by atoms with Gasteiger partial charge in [-0.3, -0.25) is 4.90 Å². The molecule has 1 aliphatic rings. The van der Waals surface area contributed by atoms with E-state index < -0.39 is 0 Å². The Morgan fingerprint density at radius 2 is 2.14 bits per heavy atom. The van der Waals surface area contributed by atoms with Crippen LogP contribution in [0, 0.1) is 3.57 Å². The summed E-state index contributed by atoms with van der Waals surface area (Å²) in [6, 6.07) is 0. The van der Waals surface area contributed by atoms with Gasteiger partial charge in [0.05, 0.1) is 15.9 Å². The molecule has 0 aromatic carbocycles. The van der Waals surface area contributed by atoms with Crippen LogP contribution in [0.15, 0.2) is 0 Å². The van der Waals surface area contributed by atoms with E-state index in [0.717, 1.165) is 53.7 Å². The Morgan fingerprint density at radius 1 is 1.38 bits per heavy atom. The van der Waals surface area contributed by atoms with Gasteiger partial charge in [0, 0.05) is 19.6 Å². The molecule has 1 aliphatic heterocycles. The van der Waals surface area contributed by atoms with Crippen LogP contribution >= 0.6 is 22.6 Å². The number of hydrogen-bond acceptors (Lipinski definition) is 5. The molecular formula is C15H25IN4O. The number of ether oxygens (including phenoxy) is 1. The zero-order valence-electron chi connectivity index (χ0n) is 13.3. The van der Waals surface area contributed by atoms with Crippen molar-refractivity contribution in [2.24, 2.45) is 0 Å². The molecule has 1 N–H and O–H groups in total. The molecule has 5 nitrogen and oxygen atoms in total. The Bertz CT molecular complexity index is 481. The van der Waals surface area contributed by atoms with Gasteiger partial charge < -0.3 is 10.1 Å². The van der Waals surface area contributed by atoms with Crippen molar-refractivity contribution in [3.63, 3.8) is 0 Å². The molecule has 0 amide bonds. The maximum Gasteiger partial charge on any atom is 0.161 e. The molecule has 1 unspecified atom stereocenters. The van der Waals surface area contributed by atoms with Crippen LogP contribution in [-0.2, 0) is 4.74 Å². The van der Waals surface area contributed by atoms with Gasteiger partial charge in [-0.15, -0.1) is 0 Å². The fraction of sp³-hybridized carbons (Fsp3) is 0.733. The number of morpholine rings is 1. The molecule has 1 aromatic rings. The van der Waals surface area contributed by atoms with Crippen molar-refractivity contribution >= 4 is 28.4 Å². The van der Waals surface area contributed by atoms with Crippen molar-refractivity contribution in [2.45, 2.75) is 39.7 Å². The summed E-state index contributed by atoms with van der Waals surface area (Å²) in [6.07, 6.45) is -0.0226. The van der Waals surface area contributed by atoms with Gasteiger partial charge in [-0.2, -0.15) is 0 Å². The zero-order chi connectivity index (χ0) is 15.4. The number of nitrogens with one attached hydrogen (secondary N) is 1. The summed E-state index contributed by atoms with van der Waals surface area (Å²) in [5.41, 5.74) is 1.11. The average molecular weight is 404 g/mol. The minimum absolute atomic E-state index is 0.0226. The maximum atomic E-state index is 5.91. The second-order valence-electron chi connectivity index (χ2n) is 5.57. The lowest BCUT2D eigenvalue weighted by molar-refractivity contribution is -0.0326. The second-order valence-corrected chi connectivity index (χ2v) is 6.65. The fourth-order valence-electron chi connectivity index (χ4n) is 2.44. The number of anilines is 1. The normalized spacial score (nSPS) is 20.0. The Labute approximate surface area is 141 Å². The highest BCUT2D eigenvalue weighted by atomic mass is 127. The lowest BCUT2D eigenvalue weighted by Gasteiger charge is -2.31. The summed E-state index contributed by atoms with van der Waals surface area (Å²) < 4.78 is 7.03.